The molecule has 3 nitrogen and oxygen atoms in total. The molecule has 1 rings (SSSR count). The lowest BCUT2D eigenvalue weighted by molar-refractivity contribution is 0.206. The van der Waals surface area contributed by atoms with E-state index in [4.69, 9.17) is 9.05 Å². The molecular weight excluding hydrogens is 247 g/mol. The van der Waals surface area contributed by atoms with Crippen molar-refractivity contribution >= 4 is 7.60 Å². The van der Waals surface area contributed by atoms with Crippen LogP contribution in [0.2, 0.25) is 0 Å². The van der Waals surface area contributed by atoms with Gasteiger partial charge in [0.1, 0.15) is 0 Å². The first-order chi connectivity index (χ1) is 8.44. The monoisotopic (exact) mass is 274 g/mol. The van der Waals surface area contributed by atoms with Gasteiger partial charge in [-0.1, -0.05) is 25.5 Å². The fourth-order valence-corrected chi connectivity index (χ4v) is 4.83. The Bertz CT molecular complexity index is 326. The molecule has 0 spiro atoms. The van der Waals surface area contributed by atoms with E-state index < -0.39 is 7.60 Å². The van der Waals surface area contributed by atoms with Gasteiger partial charge in [0.15, 0.2) is 0 Å². The molecule has 0 bridgehead atoms. The second kappa shape index (κ2) is 6.88. The normalized spacial score (nSPS) is 25.3. The molecule has 0 unspecified atom stereocenters. The van der Waals surface area contributed by atoms with E-state index in [9.17, 15) is 4.57 Å². The van der Waals surface area contributed by atoms with Crippen LogP contribution in [0.25, 0.3) is 0 Å². The van der Waals surface area contributed by atoms with Gasteiger partial charge >= 0.3 is 7.60 Å². The highest BCUT2D eigenvalue weighted by atomic mass is 31.2. The third-order valence-corrected chi connectivity index (χ3v) is 6.35. The van der Waals surface area contributed by atoms with Crippen molar-refractivity contribution in [2.75, 3.05) is 13.2 Å². The Morgan fingerprint density at radius 2 is 1.89 bits per heavy atom. The molecule has 0 aliphatic heterocycles. The van der Waals surface area contributed by atoms with E-state index in [2.05, 4.69) is 19.9 Å². The molecule has 4 heteroatoms. The van der Waals surface area contributed by atoms with E-state index in [0.717, 1.165) is 18.4 Å². The Morgan fingerprint density at radius 3 is 2.33 bits per heavy atom. The molecule has 0 amide bonds. The van der Waals surface area contributed by atoms with E-state index in [-0.39, 0.29) is 5.66 Å². The molecule has 0 N–H and O–H groups in total. The molecule has 0 radical (unpaired) electrons. The number of rotatable bonds is 6. The summed E-state index contributed by atoms with van der Waals surface area (Å²) < 4.78 is 23.9. The average molecular weight is 274 g/mol. The quantitative estimate of drug-likeness (QED) is 0.523. The zero-order chi connectivity index (χ0) is 13.8. The predicted octanol–water partition coefficient (Wildman–Crippen LogP) is 4.63. The Balaban J connectivity index is 2.92. The largest absolute Gasteiger partial charge is 0.337 e. The molecule has 0 heterocycles. The van der Waals surface area contributed by atoms with E-state index >= 15 is 0 Å². The molecule has 0 saturated heterocycles. The highest BCUT2D eigenvalue weighted by molar-refractivity contribution is 7.55. The van der Waals surface area contributed by atoms with Gasteiger partial charge in [-0.2, -0.15) is 0 Å². The van der Waals surface area contributed by atoms with Gasteiger partial charge in [0.25, 0.3) is 0 Å². The van der Waals surface area contributed by atoms with Gasteiger partial charge < -0.3 is 9.05 Å². The zero-order valence-electron chi connectivity index (χ0n) is 12.3. The van der Waals surface area contributed by atoms with Crippen molar-refractivity contribution in [3.05, 3.63) is 11.6 Å². The van der Waals surface area contributed by atoms with Gasteiger partial charge in [-0.25, -0.2) is 0 Å². The maximum atomic E-state index is 12.9. The Labute approximate surface area is 111 Å². The van der Waals surface area contributed by atoms with Crippen molar-refractivity contribution in [1.82, 2.24) is 0 Å². The van der Waals surface area contributed by atoms with Crippen LogP contribution in [0.3, 0.4) is 0 Å². The topological polar surface area (TPSA) is 35.5 Å². The molecule has 0 saturated carbocycles. The van der Waals surface area contributed by atoms with Crippen LogP contribution in [0.1, 0.15) is 47.5 Å². The SMILES string of the molecule is CCOP(=O)(OCC)[C@@H]1C[C@@H](C(C)C)CC=C1C. The fraction of sp³-hybridized carbons (Fsp3) is 0.857. The molecule has 0 aromatic rings. The molecule has 0 aromatic carbocycles. The lowest BCUT2D eigenvalue weighted by atomic mass is 9.82. The highest BCUT2D eigenvalue weighted by Crippen LogP contribution is 2.59. The predicted molar refractivity (Wildman–Crippen MR) is 76.0 cm³/mol. The molecule has 0 aromatic heterocycles. The molecule has 106 valence electrons. The van der Waals surface area contributed by atoms with Crippen LogP contribution in [0.15, 0.2) is 11.6 Å². The first kappa shape index (κ1) is 15.9. The second-order valence-corrected chi connectivity index (χ2v) is 7.53. The zero-order valence-corrected chi connectivity index (χ0v) is 13.2. The van der Waals surface area contributed by atoms with E-state index in [0.29, 0.717) is 25.0 Å². The Morgan fingerprint density at radius 1 is 1.33 bits per heavy atom. The summed E-state index contributed by atoms with van der Waals surface area (Å²) >= 11 is 0. The third-order valence-electron chi connectivity index (χ3n) is 3.74. The minimum atomic E-state index is -3.00. The summed E-state index contributed by atoms with van der Waals surface area (Å²) in [7, 11) is -3.00. The van der Waals surface area contributed by atoms with Crippen molar-refractivity contribution < 1.29 is 13.6 Å². The smallest absolute Gasteiger partial charge is 0.308 e. The second-order valence-electron chi connectivity index (χ2n) is 5.31. The van der Waals surface area contributed by atoms with Gasteiger partial charge in [-0.3, -0.25) is 4.57 Å². The van der Waals surface area contributed by atoms with Crippen molar-refractivity contribution in [2.45, 2.75) is 53.1 Å². The van der Waals surface area contributed by atoms with Gasteiger partial charge in [-0.15, -0.1) is 0 Å². The molecule has 1 aliphatic rings. The van der Waals surface area contributed by atoms with Gasteiger partial charge in [0.2, 0.25) is 0 Å². The van der Waals surface area contributed by atoms with E-state index in [1.54, 1.807) is 0 Å². The van der Waals surface area contributed by atoms with Gasteiger partial charge in [-0.05, 0) is 45.4 Å². The molecule has 18 heavy (non-hydrogen) atoms. The summed E-state index contributed by atoms with van der Waals surface area (Å²) in [5.41, 5.74) is 1.11. The lowest BCUT2D eigenvalue weighted by Crippen LogP contribution is -2.25. The van der Waals surface area contributed by atoms with E-state index in [1.165, 1.54) is 0 Å². The number of hydrogen-bond donors (Lipinski definition) is 0. The minimum Gasteiger partial charge on any atom is -0.308 e. The van der Waals surface area contributed by atoms with Crippen LogP contribution in [0.4, 0.5) is 0 Å². The van der Waals surface area contributed by atoms with Crippen LogP contribution < -0.4 is 0 Å². The first-order valence-corrected chi connectivity index (χ1v) is 8.61. The lowest BCUT2D eigenvalue weighted by Gasteiger charge is -2.34. The molecular formula is C14H27O3P. The van der Waals surface area contributed by atoms with Crippen LogP contribution >= 0.6 is 7.60 Å². The van der Waals surface area contributed by atoms with Crippen molar-refractivity contribution in [1.29, 1.82) is 0 Å². The van der Waals surface area contributed by atoms with Gasteiger partial charge in [0, 0.05) is 0 Å². The van der Waals surface area contributed by atoms with Crippen LogP contribution in [0.5, 0.6) is 0 Å². The minimum absolute atomic E-state index is 0.0569. The summed E-state index contributed by atoms with van der Waals surface area (Å²) in [4.78, 5) is 0. The summed E-state index contributed by atoms with van der Waals surface area (Å²) in [5, 5.41) is 0. The summed E-state index contributed by atoms with van der Waals surface area (Å²) in [5.74, 6) is 1.18. The maximum absolute atomic E-state index is 12.9. The molecule has 0 fully saturated rings. The highest BCUT2D eigenvalue weighted by Gasteiger charge is 2.40. The van der Waals surface area contributed by atoms with Crippen LogP contribution in [-0.4, -0.2) is 18.9 Å². The van der Waals surface area contributed by atoms with Crippen LogP contribution in [-0.2, 0) is 13.6 Å². The van der Waals surface area contributed by atoms with Crippen molar-refractivity contribution in [3.63, 3.8) is 0 Å². The van der Waals surface area contributed by atoms with Crippen LogP contribution in [0, 0.1) is 11.8 Å². The van der Waals surface area contributed by atoms with Crippen molar-refractivity contribution in [2.24, 2.45) is 11.8 Å². The standard InChI is InChI=1S/C14H27O3P/c1-6-16-18(15,17-7-2)14-10-13(11(3)4)9-8-12(14)5/h8,11,13-14H,6-7,9-10H2,1-5H3/t13-,14+/m0/s1. The summed E-state index contributed by atoms with van der Waals surface area (Å²) in [6.45, 7) is 11.1. The summed E-state index contributed by atoms with van der Waals surface area (Å²) in [6.07, 6.45) is 4.21. The first-order valence-electron chi connectivity index (χ1n) is 7.00. The third kappa shape index (κ3) is 3.69. The van der Waals surface area contributed by atoms with Crippen molar-refractivity contribution in [3.8, 4) is 0 Å². The van der Waals surface area contributed by atoms with E-state index in [1.807, 2.05) is 20.8 Å². The Kier molecular flexibility index (Phi) is 6.10. The summed E-state index contributed by atoms with van der Waals surface area (Å²) in [6, 6.07) is 0. The number of allylic oxidation sites excluding steroid dienone is 2. The van der Waals surface area contributed by atoms with Gasteiger partial charge in [0.05, 0.1) is 18.9 Å². The molecule has 1 aliphatic carbocycles. The molecule has 2 atom stereocenters. The maximum Gasteiger partial charge on any atom is 0.337 e. The fourth-order valence-electron chi connectivity index (χ4n) is 2.54. The number of hydrogen-bond acceptors (Lipinski definition) is 3. The Hall–Kier alpha value is -0.110. The average Bonchev–Trinajstić information content (AvgIpc) is 2.29.